The van der Waals surface area contributed by atoms with Crippen LogP contribution in [0, 0.1) is 11.8 Å². The minimum atomic E-state index is -4.28. The highest BCUT2D eigenvalue weighted by atomic mass is 79.9. The molecular weight excluding hydrogens is 351 g/mol. The molecule has 1 saturated carbocycles. The molecule has 2 rings (SSSR count). The fraction of sp³-hybridized carbons (Fsp3) is 0.929. The minimum absolute atomic E-state index is 0.0711. The number of nitrogens with zero attached hydrogens (tertiary/aromatic N) is 1. The standard InChI is InChI=1S/C14H21BrF3NO2/c1-9-7-19(8-10(6-15)21-9)13(20)11-4-2-3-5-12(11)14(16,17)18/h9-12H,2-8H2,1H3. The Morgan fingerprint density at radius 3 is 2.57 bits per heavy atom. The van der Waals surface area contributed by atoms with Crippen molar-refractivity contribution < 1.29 is 22.7 Å². The third-order valence-corrected chi connectivity index (χ3v) is 5.04. The van der Waals surface area contributed by atoms with Gasteiger partial charge in [0.2, 0.25) is 5.91 Å². The summed E-state index contributed by atoms with van der Waals surface area (Å²) in [6.45, 7) is 2.59. The lowest BCUT2D eigenvalue weighted by atomic mass is 9.78. The molecule has 3 nitrogen and oxygen atoms in total. The second-order valence-corrected chi connectivity index (χ2v) is 6.65. The smallest absolute Gasteiger partial charge is 0.371 e. The van der Waals surface area contributed by atoms with Gasteiger partial charge < -0.3 is 9.64 Å². The average Bonchev–Trinajstić information content (AvgIpc) is 2.45. The van der Waals surface area contributed by atoms with Crippen LogP contribution in [-0.4, -0.2) is 47.6 Å². The Hall–Kier alpha value is -0.300. The number of morpholine rings is 1. The fourth-order valence-electron chi connectivity index (χ4n) is 3.36. The van der Waals surface area contributed by atoms with Crippen molar-refractivity contribution in [2.45, 2.75) is 51.0 Å². The predicted molar refractivity (Wildman–Crippen MR) is 76.2 cm³/mol. The summed E-state index contributed by atoms with van der Waals surface area (Å²) in [6, 6.07) is 0. The summed E-state index contributed by atoms with van der Waals surface area (Å²) in [5.41, 5.74) is 0. The van der Waals surface area contributed by atoms with E-state index in [1.165, 1.54) is 0 Å². The van der Waals surface area contributed by atoms with Crippen LogP contribution in [0.2, 0.25) is 0 Å². The van der Waals surface area contributed by atoms with Crippen molar-refractivity contribution in [3.63, 3.8) is 0 Å². The molecule has 21 heavy (non-hydrogen) atoms. The van der Waals surface area contributed by atoms with Crippen LogP contribution in [-0.2, 0) is 9.53 Å². The van der Waals surface area contributed by atoms with Crippen LogP contribution in [0.25, 0.3) is 0 Å². The van der Waals surface area contributed by atoms with Gasteiger partial charge in [0.1, 0.15) is 0 Å². The average molecular weight is 372 g/mol. The Bertz CT molecular complexity index is 378. The first kappa shape index (κ1) is 17.1. The lowest BCUT2D eigenvalue weighted by Crippen LogP contribution is -2.53. The third-order valence-electron chi connectivity index (χ3n) is 4.31. The number of carbonyl (C=O) groups excluding carboxylic acids is 1. The zero-order chi connectivity index (χ0) is 15.6. The number of ether oxygens (including phenoxy) is 1. The van der Waals surface area contributed by atoms with E-state index in [0.29, 0.717) is 37.7 Å². The van der Waals surface area contributed by atoms with Gasteiger partial charge in [-0.1, -0.05) is 28.8 Å². The van der Waals surface area contributed by atoms with Gasteiger partial charge >= 0.3 is 6.18 Å². The predicted octanol–water partition coefficient (Wildman–Crippen LogP) is 3.37. The molecule has 1 amide bonds. The van der Waals surface area contributed by atoms with Gasteiger partial charge in [-0.2, -0.15) is 13.2 Å². The third kappa shape index (κ3) is 4.12. The van der Waals surface area contributed by atoms with E-state index in [2.05, 4.69) is 15.9 Å². The molecule has 1 saturated heterocycles. The van der Waals surface area contributed by atoms with Gasteiger partial charge in [-0.15, -0.1) is 0 Å². The second kappa shape index (κ2) is 6.86. The van der Waals surface area contributed by atoms with Gasteiger partial charge in [-0.3, -0.25) is 4.79 Å². The summed E-state index contributed by atoms with van der Waals surface area (Å²) in [6.07, 6.45) is -2.91. The van der Waals surface area contributed by atoms with Gasteiger partial charge in [0.15, 0.2) is 0 Å². The van der Waals surface area contributed by atoms with Crippen molar-refractivity contribution in [1.82, 2.24) is 4.90 Å². The zero-order valence-electron chi connectivity index (χ0n) is 12.0. The molecule has 0 bridgehead atoms. The summed E-state index contributed by atoms with van der Waals surface area (Å²) < 4.78 is 45.0. The fourth-order valence-corrected chi connectivity index (χ4v) is 3.72. The molecule has 2 fully saturated rings. The number of amides is 1. The number of alkyl halides is 4. The van der Waals surface area contributed by atoms with E-state index in [4.69, 9.17) is 4.74 Å². The number of halogens is 4. The number of hydrogen-bond acceptors (Lipinski definition) is 2. The molecule has 4 atom stereocenters. The van der Waals surface area contributed by atoms with Crippen LogP contribution in [0.3, 0.4) is 0 Å². The van der Waals surface area contributed by atoms with Crippen LogP contribution in [0.5, 0.6) is 0 Å². The monoisotopic (exact) mass is 371 g/mol. The molecule has 7 heteroatoms. The van der Waals surface area contributed by atoms with Crippen LogP contribution < -0.4 is 0 Å². The molecular formula is C14H21BrF3NO2. The number of rotatable bonds is 2. The molecule has 1 aliphatic carbocycles. The van der Waals surface area contributed by atoms with E-state index < -0.39 is 18.0 Å². The molecule has 0 spiro atoms. The molecule has 0 aromatic heterocycles. The first-order valence-corrected chi connectivity index (χ1v) is 8.52. The van der Waals surface area contributed by atoms with Gasteiger partial charge in [0.05, 0.1) is 18.1 Å². The normalized spacial score (nSPS) is 34.8. The second-order valence-electron chi connectivity index (χ2n) is 6.01. The van der Waals surface area contributed by atoms with E-state index in [0.717, 1.165) is 0 Å². The van der Waals surface area contributed by atoms with Crippen molar-refractivity contribution in [2.24, 2.45) is 11.8 Å². The van der Waals surface area contributed by atoms with Crippen LogP contribution in [0.1, 0.15) is 32.6 Å². The number of carbonyl (C=O) groups is 1. The summed E-state index contributed by atoms with van der Waals surface area (Å²) in [5.74, 6) is -2.75. The van der Waals surface area contributed by atoms with Crippen LogP contribution in [0.4, 0.5) is 13.2 Å². The maximum Gasteiger partial charge on any atom is 0.392 e. The van der Waals surface area contributed by atoms with E-state index in [9.17, 15) is 18.0 Å². The Kier molecular flexibility index (Phi) is 5.57. The molecule has 1 aliphatic heterocycles. The molecule has 122 valence electrons. The largest absolute Gasteiger partial charge is 0.392 e. The first-order valence-electron chi connectivity index (χ1n) is 7.40. The highest BCUT2D eigenvalue weighted by molar-refractivity contribution is 9.09. The maximum atomic E-state index is 13.1. The molecule has 0 aromatic carbocycles. The van der Waals surface area contributed by atoms with Crippen LogP contribution in [0.15, 0.2) is 0 Å². The molecule has 4 unspecified atom stereocenters. The van der Waals surface area contributed by atoms with Crippen molar-refractivity contribution in [3.05, 3.63) is 0 Å². The van der Waals surface area contributed by atoms with Gasteiger partial charge in [-0.25, -0.2) is 0 Å². The van der Waals surface area contributed by atoms with E-state index in [1.807, 2.05) is 6.92 Å². The van der Waals surface area contributed by atoms with Crippen molar-refractivity contribution in [2.75, 3.05) is 18.4 Å². The summed E-state index contributed by atoms with van der Waals surface area (Å²) in [5, 5.41) is 0.578. The van der Waals surface area contributed by atoms with Crippen molar-refractivity contribution >= 4 is 21.8 Å². The van der Waals surface area contributed by atoms with Gasteiger partial charge in [0.25, 0.3) is 0 Å². The highest BCUT2D eigenvalue weighted by Gasteiger charge is 2.49. The molecule has 2 aliphatic rings. The van der Waals surface area contributed by atoms with Crippen LogP contribution >= 0.6 is 15.9 Å². The molecule has 0 aromatic rings. The Morgan fingerprint density at radius 2 is 1.95 bits per heavy atom. The Balaban J connectivity index is 2.09. The maximum absolute atomic E-state index is 13.1. The highest BCUT2D eigenvalue weighted by Crippen LogP contribution is 2.42. The Labute approximate surface area is 131 Å². The molecule has 0 radical (unpaired) electrons. The number of hydrogen-bond donors (Lipinski definition) is 0. The summed E-state index contributed by atoms with van der Waals surface area (Å²) in [4.78, 5) is 14.1. The van der Waals surface area contributed by atoms with Crippen molar-refractivity contribution in [1.29, 1.82) is 0 Å². The minimum Gasteiger partial charge on any atom is -0.371 e. The molecule has 0 N–H and O–H groups in total. The van der Waals surface area contributed by atoms with Gasteiger partial charge in [-0.05, 0) is 19.8 Å². The molecule has 1 heterocycles. The van der Waals surface area contributed by atoms with E-state index >= 15 is 0 Å². The topological polar surface area (TPSA) is 29.5 Å². The Morgan fingerprint density at radius 1 is 1.29 bits per heavy atom. The summed E-state index contributed by atoms with van der Waals surface area (Å²) in [7, 11) is 0. The van der Waals surface area contributed by atoms with Crippen molar-refractivity contribution in [3.8, 4) is 0 Å². The SMILES string of the molecule is CC1CN(C(=O)C2CCCCC2C(F)(F)F)CC(CBr)O1. The lowest BCUT2D eigenvalue weighted by molar-refractivity contribution is -0.202. The van der Waals surface area contributed by atoms with E-state index in [1.54, 1.807) is 4.90 Å². The van der Waals surface area contributed by atoms with E-state index in [-0.39, 0.29) is 24.5 Å². The quantitative estimate of drug-likeness (QED) is 0.696. The van der Waals surface area contributed by atoms with Gasteiger partial charge in [0, 0.05) is 24.3 Å². The first-order chi connectivity index (χ1) is 9.82. The summed E-state index contributed by atoms with van der Waals surface area (Å²) >= 11 is 3.31. The zero-order valence-corrected chi connectivity index (χ0v) is 13.6. The lowest BCUT2D eigenvalue weighted by Gasteiger charge is -2.40.